The molecule has 0 spiro atoms. The maximum absolute atomic E-state index is 12.8. The first-order valence-electron chi connectivity index (χ1n) is 41.5. The molecule has 8 fully saturated rings. The summed E-state index contributed by atoms with van der Waals surface area (Å²) in [7, 11) is 0. The maximum Gasteiger partial charge on any atom is 0.288 e. The van der Waals surface area contributed by atoms with E-state index in [9.17, 15) is 95.1 Å². The largest absolute Gasteiger partial charge is 0.355 e. The second kappa shape index (κ2) is 44.1. The zero-order valence-corrected chi connectivity index (χ0v) is 70.0. The van der Waals surface area contributed by atoms with E-state index >= 15 is 0 Å². The van der Waals surface area contributed by atoms with Gasteiger partial charge >= 0.3 is 0 Å². The van der Waals surface area contributed by atoms with Crippen LogP contribution in [0.3, 0.4) is 0 Å². The summed E-state index contributed by atoms with van der Waals surface area (Å²) in [6.07, 6.45) is 1.74. The van der Waals surface area contributed by atoms with Gasteiger partial charge in [0.15, 0.2) is 0 Å². The second-order valence-corrected chi connectivity index (χ2v) is 32.7. The molecule has 6 aromatic rings. The molecular formula is C92H106F2N12O18. The normalized spacial score (nSPS) is 23.0. The van der Waals surface area contributed by atoms with Gasteiger partial charge in [0.05, 0.1) is 71.0 Å². The van der Waals surface area contributed by atoms with Crippen LogP contribution in [0.4, 0.5) is 8.78 Å². The van der Waals surface area contributed by atoms with Crippen molar-refractivity contribution in [1.82, 2.24) is 63.8 Å². The monoisotopic (exact) mass is 1700 g/mol. The molecule has 12 atom stereocenters. The maximum atomic E-state index is 12.8. The summed E-state index contributed by atoms with van der Waals surface area (Å²) < 4.78 is 25.6. The highest BCUT2D eigenvalue weighted by Crippen LogP contribution is 2.39. The summed E-state index contributed by atoms with van der Waals surface area (Å²) in [6.45, 7) is 15.5. The van der Waals surface area contributed by atoms with Crippen LogP contribution in [0.2, 0.25) is 0 Å². The van der Waals surface area contributed by atoms with Gasteiger partial charge in [0, 0.05) is 89.4 Å². The van der Waals surface area contributed by atoms with Gasteiger partial charge in [0.25, 0.3) is 41.4 Å². The van der Waals surface area contributed by atoms with E-state index in [2.05, 4.69) is 63.8 Å². The third kappa shape index (κ3) is 25.5. The molecule has 0 aromatic heterocycles. The fraction of sp³-hybridized carbons (Fsp3) is 0.413. The molecule has 6 aromatic carbocycles. The number of carbonyl (C=O) groups is 18. The summed E-state index contributed by atoms with van der Waals surface area (Å²) in [5, 5.41) is 31.3. The topological polar surface area (TPSA) is 452 Å². The number of alkyl halides is 2. The Hall–Kier alpha value is -13.2. The Morgan fingerprint density at radius 3 is 0.806 bits per heavy atom. The molecule has 0 radical (unpaired) electrons. The summed E-state index contributed by atoms with van der Waals surface area (Å²) in [5.74, 6) is -18.6. The number of benzene rings is 6. The minimum absolute atomic E-state index is 0.0749. The molecular weight excluding hydrogens is 1600 g/mol. The highest BCUT2D eigenvalue weighted by atomic mass is 19.3. The van der Waals surface area contributed by atoms with Crippen LogP contribution in [-0.4, -0.2) is 188 Å². The second-order valence-electron chi connectivity index (χ2n) is 32.7. The Labute approximate surface area is 716 Å². The minimum atomic E-state index is -2.77. The number of hydrogen-bond acceptors (Lipinski definition) is 18. The molecule has 8 aliphatic rings. The summed E-state index contributed by atoms with van der Waals surface area (Å²) in [6, 6.07) is 53.7. The van der Waals surface area contributed by atoms with Crippen LogP contribution < -0.4 is 63.8 Å². The van der Waals surface area contributed by atoms with Crippen LogP contribution in [0.25, 0.3) is 0 Å². The molecule has 656 valence electrons. The third-order valence-electron chi connectivity index (χ3n) is 21.8. The summed E-state index contributed by atoms with van der Waals surface area (Å²) >= 11 is 0. The van der Waals surface area contributed by atoms with Crippen molar-refractivity contribution in [3.8, 4) is 0 Å². The zero-order valence-electron chi connectivity index (χ0n) is 70.0. The fourth-order valence-corrected chi connectivity index (χ4v) is 15.3. The predicted octanol–water partition coefficient (Wildman–Crippen LogP) is 4.05. The van der Waals surface area contributed by atoms with Crippen LogP contribution >= 0.6 is 0 Å². The molecule has 0 unspecified atom stereocenters. The highest BCUT2D eigenvalue weighted by Gasteiger charge is 2.51. The van der Waals surface area contributed by atoms with Crippen molar-refractivity contribution in [2.75, 3.05) is 58.9 Å². The van der Waals surface area contributed by atoms with E-state index in [-0.39, 0.29) is 86.7 Å². The number of carbonyl (C=O) groups excluding carboxylic acids is 18. The fourth-order valence-electron chi connectivity index (χ4n) is 15.3. The molecule has 12 N–H and O–H groups in total. The number of amides is 12. The molecule has 14 rings (SSSR count). The van der Waals surface area contributed by atoms with Crippen LogP contribution in [0.5, 0.6) is 0 Å². The molecule has 2 aliphatic carbocycles. The number of likely N-dealkylation sites (N-methyl/N-ethyl adjacent to an activating group) is 1. The van der Waals surface area contributed by atoms with Crippen LogP contribution in [0.1, 0.15) is 149 Å². The number of halogens is 2. The van der Waals surface area contributed by atoms with E-state index in [1.54, 1.807) is 73.7 Å². The summed E-state index contributed by atoms with van der Waals surface area (Å²) in [5.41, 5.74) is 4.01. The first kappa shape index (κ1) is 94.7. The standard InChI is InChI=1S/C16H16F2N2O3.2C16H20N2O3.C15H16N2O3.C15H18N2O3.C14H16N2O3/c17-16(18)6-10(7-16)20-15(23)13(21)11-8-19-14(22)12(11)9-4-2-1-3-5-9;1-16(2,3)18-15(21)13(19)11-9-17-14(20)12(11)10-7-5-4-6-8-10;1-10(2)8-17-16(21)14(19)12-9-18-15(20)13(12)11-6-4-3-5-7-11;18-13(15(20)17-10-6-7-10)11-8-16-14(19)12(11)9-4-2-1-3-5-9;1-2-8-16-15(20)13(18)11-9-17-14(19)12(11)10-6-4-3-5-7-10;1-2-15-14(19)12(17)10-8-16-13(18)11(10)9-6-4-3-5-7-9/h1-5,10-12H,6-8H2,(H,19,22)(H,20,23);4-8,11-12H,9H2,1-3H3,(H,17,20)(H,18,21);3-7,10,12-13H,8-9H2,1-2H3,(H,17,21)(H,18,20);1-5,10-12H,6-8H2,(H,16,19)(H,17,20);3-7,11-12H,2,8-9H2,1H3,(H,16,20)(H,17,19);3-7,10-11H,2,8H2,1H3,(H,15,19)(H,16,18)/t2*11-,12+;12-,13+;2*11-,12+;10-,11+/m000000/s1. The summed E-state index contributed by atoms with van der Waals surface area (Å²) in [4.78, 5) is 216. The first-order chi connectivity index (χ1) is 59.1. The number of rotatable bonds is 25. The molecule has 124 heavy (non-hydrogen) atoms. The smallest absolute Gasteiger partial charge is 0.288 e. The molecule has 12 amide bonds. The van der Waals surface area contributed by atoms with Crippen molar-refractivity contribution < 1.29 is 95.1 Å². The lowest BCUT2D eigenvalue weighted by Gasteiger charge is -2.35. The van der Waals surface area contributed by atoms with Crippen molar-refractivity contribution >= 4 is 106 Å². The Balaban J connectivity index is 0.000000169. The predicted molar refractivity (Wildman–Crippen MR) is 449 cm³/mol. The first-order valence-corrected chi connectivity index (χ1v) is 41.5. The average molecular weight is 1710 g/mol. The van der Waals surface area contributed by atoms with E-state index in [4.69, 9.17) is 0 Å². The third-order valence-corrected chi connectivity index (χ3v) is 21.8. The zero-order chi connectivity index (χ0) is 90.1. The van der Waals surface area contributed by atoms with Crippen LogP contribution in [0, 0.1) is 41.4 Å². The van der Waals surface area contributed by atoms with Crippen LogP contribution in [0.15, 0.2) is 182 Å². The number of ketones is 6. The Bertz CT molecular complexity index is 4880. The lowest BCUT2D eigenvalue weighted by molar-refractivity contribution is -0.144. The Morgan fingerprint density at radius 2 is 0.581 bits per heavy atom. The van der Waals surface area contributed by atoms with Crippen molar-refractivity contribution in [1.29, 1.82) is 0 Å². The van der Waals surface area contributed by atoms with E-state index in [1.807, 2.05) is 157 Å². The van der Waals surface area contributed by atoms with Gasteiger partial charge < -0.3 is 63.8 Å². The van der Waals surface area contributed by atoms with Gasteiger partial charge in [0.2, 0.25) is 70.1 Å². The van der Waals surface area contributed by atoms with E-state index in [0.29, 0.717) is 25.2 Å². The molecule has 30 nitrogen and oxygen atoms in total. The van der Waals surface area contributed by atoms with Gasteiger partial charge in [-0.1, -0.05) is 203 Å². The molecule has 0 bridgehead atoms. The van der Waals surface area contributed by atoms with Crippen molar-refractivity contribution in [3.63, 3.8) is 0 Å². The van der Waals surface area contributed by atoms with Crippen LogP contribution in [-0.2, 0) is 86.3 Å². The SMILES string of the molecule is CC(C)(C)NC(=O)C(=O)[C@H]1CNC(=O)[C@@H]1c1ccccc1.CC(C)CNC(=O)C(=O)[C@H]1CNC(=O)[C@@H]1c1ccccc1.CCCNC(=O)C(=O)[C@H]1CNC(=O)[C@@H]1c1ccccc1.CCNC(=O)C(=O)[C@H]1CNC(=O)[C@@H]1c1ccccc1.O=C(NC1CC(F)(F)C1)C(=O)[C@H]1CNC(=O)[C@@H]1c1ccccc1.O=C(NC1CC1)C(=O)[C@H]1CNC(=O)[C@@H]1c1ccccc1. The van der Waals surface area contributed by atoms with Gasteiger partial charge in [-0.3, -0.25) is 86.3 Å². The Kier molecular flexibility index (Phi) is 33.6. The highest BCUT2D eigenvalue weighted by molar-refractivity contribution is 6.41. The van der Waals surface area contributed by atoms with Gasteiger partial charge in [-0.25, -0.2) is 8.78 Å². The van der Waals surface area contributed by atoms with Crippen molar-refractivity contribution in [3.05, 3.63) is 215 Å². The molecule has 6 heterocycles. The van der Waals surface area contributed by atoms with E-state index in [1.165, 1.54) is 0 Å². The molecule has 6 saturated heterocycles. The van der Waals surface area contributed by atoms with E-state index < -0.39 is 172 Å². The van der Waals surface area contributed by atoms with Crippen molar-refractivity contribution in [2.45, 2.75) is 140 Å². The minimum Gasteiger partial charge on any atom is -0.355 e. The number of hydrogen-bond donors (Lipinski definition) is 12. The molecule has 2 saturated carbocycles. The molecule has 6 aliphatic heterocycles. The van der Waals surface area contributed by atoms with Gasteiger partial charge in [0.1, 0.15) is 0 Å². The lowest BCUT2D eigenvalue weighted by Crippen LogP contribution is -2.53. The number of Topliss-reactive ketones (excluding diaryl/α,β-unsaturated/α-hetero) is 6. The van der Waals surface area contributed by atoms with Gasteiger partial charge in [-0.2, -0.15) is 0 Å². The van der Waals surface area contributed by atoms with E-state index in [0.717, 1.165) is 47.1 Å². The van der Waals surface area contributed by atoms with Crippen molar-refractivity contribution in [2.24, 2.45) is 41.4 Å². The molecule has 32 heteroatoms. The Morgan fingerprint density at radius 1 is 0.347 bits per heavy atom. The lowest BCUT2D eigenvalue weighted by atomic mass is 9.84. The van der Waals surface area contributed by atoms with Gasteiger partial charge in [-0.15, -0.1) is 0 Å². The van der Waals surface area contributed by atoms with Gasteiger partial charge in [-0.05, 0) is 86.3 Å². The number of nitrogens with one attached hydrogen (secondary N) is 12. The average Bonchev–Trinajstić information content (AvgIpc) is 1.61. The quantitative estimate of drug-likeness (QED) is 0.0360.